The number of piperidine rings is 1. The largest absolute Gasteiger partial charge is 0.481 e. The number of rotatable bonds is 7. The van der Waals surface area contributed by atoms with Crippen LogP contribution >= 0.6 is 0 Å². The molecular weight excluding hydrogens is 434 g/mol. The lowest BCUT2D eigenvalue weighted by atomic mass is 9.98. The number of benzene rings is 2. The number of carbonyl (C=O) groups excluding carboxylic acids is 2. The van der Waals surface area contributed by atoms with Crippen LogP contribution in [0.1, 0.15) is 36.3 Å². The third-order valence-electron chi connectivity index (χ3n) is 6.90. The average Bonchev–Trinajstić information content (AvgIpc) is 3.15. The number of carboxylic acids is 1. The second-order valence-electron chi connectivity index (χ2n) is 9.10. The summed E-state index contributed by atoms with van der Waals surface area (Å²) in [4.78, 5) is 40.9. The van der Waals surface area contributed by atoms with Crippen molar-refractivity contribution in [3.05, 3.63) is 59.7 Å². The molecule has 2 aromatic carbocycles. The van der Waals surface area contributed by atoms with Crippen molar-refractivity contribution in [3.63, 3.8) is 0 Å². The van der Waals surface area contributed by atoms with Crippen LogP contribution in [0.2, 0.25) is 0 Å². The minimum Gasteiger partial charge on any atom is -0.481 e. The quantitative estimate of drug-likeness (QED) is 0.652. The van der Waals surface area contributed by atoms with Gasteiger partial charge in [-0.1, -0.05) is 48.5 Å². The van der Waals surface area contributed by atoms with E-state index in [0.29, 0.717) is 0 Å². The number of ether oxygens (including phenoxy) is 1. The molecule has 1 aliphatic carbocycles. The van der Waals surface area contributed by atoms with E-state index >= 15 is 0 Å². The number of nitrogens with one attached hydrogen (secondary N) is 1. The molecule has 1 saturated heterocycles. The van der Waals surface area contributed by atoms with Crippen molar-refractivity contribution in [1.29, 1.82) is 0 Å². The smallest absolute Gasteiger partial charge is 0.407 e. The van der Waals surface area contributed by atoms with Gasteiger partial charge < -0.3 is 25.0 Å². The summed E-state index contributed by atoms with van der Waals surface area (Å²) in [5, 5.41) is 11.8. The Hall–Kier alpha value is -3.39. The Balaban J connectivity index is 1.41. The van der Waals surface area contributed by atoms with E-state index in [-0.39, 0.29) is 18.6 Å². The van der Waals surface area contributed by atoms with E-state index in [1.807, 2.05) is 43.4 Å². The first-order chi connectivity index (χ1) is 16.3. The Labute approximate surface area is 199 Å². The number of nitrogens with zero attached hydrogens (tertiary/aromatic N) is 2. The summed E-state index contributed by atoms with van der Waals surface area (Å²) in [5.74, 6) is -1.69. The highest BCUT2D eigenvalue weighted by molar-refractivity contribution is 5.89. The lowest BCUT2D eigenvalue weighted by Crippen LogP contribution is -2.53. The van der Waals surface area contributed by atoms with Crippen LogP contribution in [0.3, 0.4) is 0 Å². The maximum atomic E-state index is 13.1. The molecule has 0 spiro atoms. The molecule has 1 fully saturated rings. The van der Waals surface area contributed by atoms with Crippen LogP contribution < -0.4 is 5.32 Å². The van der Waals surface area contributed by atoms with Gasteiger partial charge in [0.1, 0.15) is 12.6 Å². The number of alkyl carbamates (subject to hydrolysis) is 1. The van der Waals surface area contributed by atoms with E-state index in [1.165, 1.54) is 0 Å². The molecule has 2 amide bonds. The highest BCUT2D eigenvalue weighted by atomic mass is 16.5. The lowest BCUT2D eigenvalue weighted by molar-refractivity contribution is -0.143. The standard InChI is InChI=1S/C26H31N3O5/c1-28-13-11-17(12-14-28)29(2)25(32)23(15-24(30)31)27-26(33)34-16-22-20-9-5-3-7-18(20)19-8-4-6-10-21(19)22/h3-10,17,22-23H,11-16H2,1-2H3,(H,27,33)(H,30,31). The van der Waals surface area contributed by atoms with Gasteiger partial charge in [0.25, 0.3) is 0 Å². The van der Waals surface area contributed by atoms with Crippen molar-refractivity contribution in [2.24, 2.45) is 0 Å². The van der Waals surface area contributed by atoms with Crippen LogP contribution in [-0.2, 0) is 14.3 Å². The number of fused-ring (bicyclic) bond motifs is 3. The van der Waals surface area contributed by atoms with Crippen LogP contribution in [0.5, 0.6) is 0 Å². The summed E-state index contributed by atoms with van der Waals surface area (Å²) >= 11 is 0. The Bertz CT molecular complexity index is 1020. The van der Waals surface area contributed by atoms with Gasteiger partial charge in [-0.15, -0.1) is 0 Å². The maximum Gasteiger partial charge on any atom is 0.407 e. The number of amides is 2. The molecule has 8 heteroatoms. The first-order valence-electron chi connectivity index (χ1n) is 11.6. The normalized spacial score (nSPS) is 16.9. The number of hydrogen-bond donors (Lipinski definition) is 2. The minimum absolute atomic E-state index is 0.0179. The van der Waals surface area contributed by atoms with Crippen molar-refractivity contribution >= 4 is 18.0 Å². The Kier molecular flexibility index (Phi) is 7.17. The molecule has 8 nitrogen and oxygen atoms in total. The summed E-state index contributed by atoms with van der Waals surface area (Å²) in [5.41, 5.74) is 4.39. The molecule has 4 rings (SSSR count). The van der Waals surface area contributed by atoms with Crippen LogP contribution in [0.4, 0.5) is 4.79 Å². The van der Waals surface area contributed by atoms with Crippen molar-refractivity contribution in [2.45, 2.75) is 37.3 Å². The van der Waals surface area contributed by atoms with Crippen LogP contribution in [0, 0.1) is 0 Å². The van der Waals surface area contributed by atoms with E-state index in [0.717, 1.165) is 48.2 Å². The highest BCUT2D eigenvalue weighted by Crippen LogP contribution is 2.44. The molecule has 2 aromatic rings. The number of likely N-dealkylation sites (N-methyl/N-ethyl adjacent to an activating group) is 1. The Morgan fingerprint density at radius 1 is 1.06 bits per heavy atom. The molecule has 2 aliphatic rings. The molecule has 1 atom stereocenters. The number of carbonyl (C=O) groups is 3. The average molecular weight is 466 g/mol. The number of carboxylic acid groups (broad SMARTS) is 1. The van der Waals surface area contributed by atoms with Crippen molar-refractivity contribution in [1.82, 2.24) is 15.1 Å². The lowest BCUT2D eigenvalue weighted by Gasteiger charge is -2.36. The molecule has 1 aliphatic heterocycles. The van der Waals surface area contributed by atoms with E-state index in [1.54, 1.807) is 11.9 Å². The predicted octanol–water partition coefficient (Wildman–Crippen LogP) is 2.92. The van der Waals surface area contributed by atoms with Crippen molar-refractivity contribution in [2.75, 3.05) is 33.8 Å². The fourth-order valence-corrected chi connectivity index (χ4v) is 4.97. The Morgan fingerprint density at radius 3 is 2.18 bits per heavy atom. The summed E-state index contributed by atoms with van der Waals surface area (Å²) in [6, 6.07) is 14.9. The molecule has 1 unspecified atom stereocenters. The molecule has 0 aromatic heterocycles. The van der Waals surface area contributed by atoms with Gasteiger partial charge in [-0.05, 0) is 55.2 Å². The Morgan fingerprint density at radius 2 is 1.62 bits per heavy atom. The third kappa shape index (κ3) is 5.07. The van der Waals surface area contributed by atoms with E-state index in [2.05, 4.69) is 22.3 Å². The van der Waals surface area contributed by atoms with E-state index in [4.69, 9.17) is 4.74 Å². The van der Waals surface area contributed by atoms with Gasteiger partial charge in [0, 0.05) is 19.0 Å². The zero-order valence-corrected chi connectivity index (χ0v) is 19.6. The molecule has 34 heavy (non-hydrogen) atoms. The SMILES string of the molecule is CN1CCC(N(C)C(=O)C(CC(=O)O)NC(=O)OCC2c3ccccc3-c3ccccc32)CC1. The molecular formula is C26H31N3O5. The maximum absolute atomic E-state index is 13.1. The first-order valence-corrected chi connectivity index (χ1v) is 11.6. The van der Waals surface area contributed by atoms with E-state index < -0.39 is 30.4 Å². The van der Waals surface area contributed by atoms with E-state index in [9.17, 15) is 19.5 Å². The zero-order chi connectivity index (χ0) is 24.2. The molecule has 2 N–H and O–H groups in total. The van der Waals surface area contributed by atoms with Gasteiger partial charge in [0.2, 0.25) is 5.91 Å². The number of aliphatic carboxylic acids is 1. The fourth-order valence-electron chi connectivity index (χ4n) is 4.97. The second kappa shape index (κ2) is 10.3. The van der Waals surface area contributed by atoms with Crippen LogP contribution in [-0.4, -0.2) is 78.8 Å². The predicted molar refractivity (Wildman–Crippen MR) is 128 cm³/mol. The molecule has 0 saturated carbocycles. The molecule has 0 radical (unpaired) electrons. The fraction of sp³-hybridized carbons (Fsp3) is 0.423. The highest BCUT2D eigenvalue weighted by Gasteiger charge is 2.33. The zero-order valence-electron chi connectivity index (χ0n) is 19.6. The first kappa shape index (κ1) is 23.8. The van der Waals surface area contributed by atoms with Crippen LogP contribution in [0.25, 0.3) is 11.1 Å². The van der Waals surface area contributed by atoms with Crippen LogP contribution in [0.15, 0.2) is 48.5 Å². The third-order valence-corrected chi connectivity index (χ3v) is 6.90. The van der Waals surface area contributed by atoms with Gasteiger partial charge in [-0.25, -0.2) is 4.79 Å². The number of likely N-dealkylation sites (tertiary alicyclic amines) is 1. The minimum atomic E-state index is -1.18. The second-order valence-corrected chi connectivity index (χ2v) is 9.10. The summed E-state index contributed by atoms with van der Waals surface area (Å²) in [6.45, 7) is 1.83. The topological polar surface area (TPSA) is 99.2 Å². The monoisotopic (exact) mass is 465 g/mol. The summed E-state index contributed by atoms with van der Waals surface area (Å²) < 4.78 is 5.52. The van der Waals surface area contributed by atoms with Gasteiger partial charge in [-0.2, -0.15) is 0 Å². The van der Waals surface area contributed by atoms with Gasteiger partial charge in [0.15, 0.2) is 0 Å². The van der Waals surface area contributed by atoms with Gasteiger partial charge >= 0.3 is 12.1 Å². The summed E-state index contributed by atoms with van der Waals surface area (Å²) in [6.07, 6.45) is 0.325. The van der Waals surface area contributed by atoms with Crippen molar-refractivity contribution in [3.8, 4) is 11.1 Å². The van der Waals surface area contributed by atoms with Gasteiger partial charge in [-0.3, -0.25) is 9.59 Å². The summed E-state index contributed by atoms with van der Waals surface area (Å²) in [7, 11) is 3.70. The molecule has 0 bridgehead atoms. The molecule has 1 heterocycles. The van der Waals surface area contributed by atoms with Crippen molar-refractivity contribution < 1.29 is 24.2 Å². The number of hydrogen-bond acceptors (Lipinski definition) is 5. The molecule has 180 valence electrons. The van der Waals surface area contributed by atoms with Gasteiger partial charge in [0.05, 0.1) is 6.42 Å².